The molecule has 0 saturated heterocycles. The van der Waals surface area contributed by atoms with Gasteiger partial charge in [-0.3, -0.25) is 0 Å². The second-order valence-corrected chi connectivity index (χ2v) is 15.8. The summed E-state index contributed by atoms with van der Waals surface area (Å²) in [6.07, 6.45) is 3.42. The molecule has 0 saturated carbocycles. The Bertz CT molecular complexity index is 577. The summed E-state index contributed by atoms with van der Waals surface area (Å²) in [4.78, 5) is 0. The van der Waals surface area contributed by atoms with Crippen molar-refractivity contribution in [1.29, 1.82) is 0 Å². The van der Waals surface area contributed by atoms with Crippen molar-refractivity contribution >= 4 is 30.5 Å². The molecule has 2 aromatic carbocycles. The van der Waals surface area contributed by atoms with Gasteiger partial charge in [-0.25, -0.2) is 0 Å². The Morgan fingerprint density at radius 2 is 1.63 bits per heavy atom. The molecule has 0 aliphatic heterocycles. The molecule has 3 rings (SSSR count). The average molecular weight is 457 g/mol. The third-order valence-corrected chi connectivity index (χ3v) is 3.14. The molecule has 0 fully saturated rings. The van der Waals surface area contributed by atoms with Crippen LogP contribution in [0.2, 0.25) is 0 Å². The Balaban J connectivity index is 0.000000408. The molecule has 0 spiro atoms. The van der Waals surface area contributed by atoms with Gasteiger partial charge in [0, 0.05) is 0 Å². The SMILES string of the molecule is CC1=Cc2c(cccc2-c2ccccc2)C1.[Br][Zr][Br]. The zero-order valence-electron chi connectivity index (χ0n) is 10.7. The topological polar surface area (TPSA) is 0 Å². The van der Waals surface area contributed by atoms with Gasteiger partial charge < -0.3 is 0 Å². The summed E-state index contributed by atoms with van der Waals surface area (Å²) in [6.45, 7) is 2.20. The van der Waals surface area contributed by atoms with Crippen LogP contribution in [0.5, 0.6) is 0 Å². The van der Waals surface area contributed by atoms with E-state index in [-0.39, 0.29) is 18.5 Å². The van der Waals surface area contributed by atoms with Crippen LogP contribution in [0, 0.1) is 0 Å². The zero-order valence-corrected chi connectivity index (χ0v) is 16.3. The van der Waals surface area contributed by atoms with Gasteiger partial charge in [0.25, 0.3) is 0 Å². The first-order valence-corrected chi connectivity index (χ1v) is 17.3. The van der Waals surface area contributed by atoms with Gasteiger partial charge in [0.1, 0.15) is 0 Å². The van der Waals surface area contributed by atoms with Crippen molar-refractivity contribution in [1.82, 2.24) is 0 Å². The standard InChI is InChI=1S/C16H14.2BrH.Zr/c1-12-10-14-8-5-9-15(16(14)11-12)13-6-3-2-4-7-13;;;/h2-9,11H,10H2,1H3;2*1H;/q;;;+2/p-2. The molecule has 0 atom stereocenters. The maximum absolute atomic E-state index is 3.23. The molecule has 0 amide bonds. The van der Waals surface area contributed by atoms with E-state index in [0.29, 0.717) is 0 Å². The van der Waals surface area contributed by atoms with E-state index >= 15 is 0 Å². The van der Waals surface area contributed by atoms with Crippen LogP contribution in [0.3, 0.4) is 0 Å². The summed E-state index contributed by atoms with van der Waals surface area (Å²) >= 11 is 6.32. The Kier molecular flexibility index (Phi) is 6.26. The predicted molar refractivity (Wildman–Crippen MR) is 87.1 cm³/mol. The van der Waals surface area contributed by atoms with Crippen LogP contribution < -0.4 is 0 Å². The molecule has 0 bridgehead atoms. The number of halogens is 2. The van der Waals surface area contributed by atoms with E-state index in [0.717, 1.165) is 6.42 Å². The summed E-state index contributed by atoms with van der Waals surface area (Å²) in [6, 6.07) is 17.2. The first-order valence-electron chi connectivity index (χ1n) is 6.07. The molecule has 0 heterocycles. The van der Waals surface area contributed by atoms with Crippen LogP contribution in [0.4, 0.5) is 0 Å². The molecule has 0 aromatic heterocycles. The van der Waals surface area contributed by atoms with Gasteiger partial charge in [-0.1, -0.05) is 60.2 Å². The molecular weight excluding hydrogens is 443 g/mol. The predicted octanol–water partition coefficient (Wildman–Crippen LogP) is 6.00. The van der Waals surface area contributed by atoms with Crippen LogP contribution in [0.15, 0.2) is 54.1 Å². The second kappa shape index (κ2) is 7.71. The molecular formula is C16H14Br2Zr. The van der Waals surface area contributed by atoms with E-state index in [1.807, 2.05) is 0 Å². The number of benzene rings is 2. The molecule has 19 heavy (non-hydrogen) atoms. The molecule has 0 unspecified atom stereocenters. The number of hydrogen-bond acceptors (Lipinski definition) is 0. The van der Waals surface area contributed by atoms with E-state index in [1.165, 1.54) is 27.8 Å². The summed E-state index contributed by atoms with van der Waals surface area (Å²) in [7, 11) is 0. The van der Waals surface area contributed by atoms with Crippen LogP contribution >= 0.6 is 24.4 Å². The van der Waals surface area contributed by atoms with E-state index in [2.05, 4.69) is 86.0 Å². The minimum atomic E-state index is -0.145. The quantitative estimate of drug-likeness (QED) is 0.493. The third kappa shape index (κ3) is 4.00. The minimum absolute atomic E-state index is 0.145. The van der Waals surface area contributed by atoms with Crippen molar-refractivity contribution in [2.24, 2.45) is 0 Å². The third-order valence-electron chi connectivity index (χ3n) is 3.14. The Hall–Kier alpha value is 0.0231. The molecule has 3 heteroatoms. The van der Waals surface area contributed by atoms with Crippen molar-refractivity contribution in [2.45, 2.75) is 13.3 Å². The van der Waals surface area contributed by atoms with Crippen molar-refractivity contribution in [3.05, 3.63) is 65.2 Å². The van der Waals surface area contributed by atoms with Crippen LogP contribution in [0.1, 0.15) is 18.1 Å². The van der Waals surface area contributed by atoms with Gasteiger partial charge in [0.2, 0.25) is 0 Å². The van der Waals surface area contributed by atoms with Crippen molar-refractivity contribution in [3.8, 4) is 11.1 Å². The molecule has 0 radical (unpaired) electrons. The van der Waals surface area contributed by atoms with E-state index in [4.69, 9.17) is 0 Å². The van der Waals surface area contributed by atoms with Crippen LogP contribution in [-0.2, 0) is 25.0 Å². The number of hydrogen-bond donors (Lipinski definition) is 0. The molecule has 0 nitrogen and oxygen atoms in total. The Morgan fingerprint density at radius 1 is 0.947 bits per heavy atom. The summed E-state index contributed by atoms with van der Waals surface area (Å²) in [5.41, 5.74) is 6.99. The van der Waals surface area contributed by atoms with Crippen LogP contribution in [0.25, 0.3) is 17.2 Å². The van der Waals surface area contributed by atoms with E-state index < -0.39 is 0 Å². The monoisotopic (exact) mass is 454 g/mol. The van der Waals surface area contributed by atoms with Gasteiger partial charge in [0.15, 0.2) is 0 Å². The summed E-state index contributed by atoms with van der Waals surface area (Å²) in [5.74, 6) is 0. The first kappa shape index (κ1) is 15.4. The van der Waals surface area contributed by atoms with E-state index in [9.17, 15) is 0 Å². The fraction of sp³-hybridized carbons (Fsp3) is 0.125. The Labute approximate surface area is 137 Å². The van der Waals surface area contributed by atoms with Crippen molar-refractivity contribution in [3.63, 3.8) is 0 Å². The fourth-order valence-electron chi connectivity index (χ4n) is 2.40. The molecule has 0 N–H and O–H groups in total. The normalized spacial score (nSPS) is 12.1. The van der Waals surface area contributed by atoms with Crippen LogP contribution in [-0.4, -0.2) is 0 Å². The average Bonchev–Trinajstić information content (AvgIpc) is 2.80. The molecule has 1 aliphatic carbocycles. The maximum atomic E-state index is 3.23. The van der Waals surface area contributed by atoms with Gasteiger partial charge in [0.05, 0.1) is 0 Å². The molecule has 1 aliphatic rings. The second-order valence-electron chi connectivity index (χ2n) is 4.48. The van der Waals surface area contributed by atoms with Gasteiger partial charge >= 0.3 is 43.0 Å². The van der Waals surface area contributed by atoms with Gasteiger partial charge in [-0.05, 0) is 35.6 Å². The van der Waals surface area contributed by atoms with Crippen molar-refractivity contribution in [2.75, 3.05) is 0 Å². The van der Waals surface area contributed by atoms with Gasteiger partial charge in [-0.15, -0.1) is 0 Å². The van der Waals surface area contributed by atoms with Crippen molar-refractivity contribution < 1.29 is 18.5 Å². The summed E-state index contributed by atoms with van der Waals surface area (Å²) < 4.78 is 0. The number of fused-ring (bicyclic) bond motifs is 1. The van der Waals surface area contributed by atoms with E-state index in [1.54, 1.807) is 0 Å². The zero-order chi connectivity index (χ0) is 13.7. The number of rotatable bonds is 1. The first-order chi connectivity index (χ1) is 9.26. The van der Waals surface area contributed by atoms with Gasteiger partial charge in [-0.2, -0.15) is 0 Å². The summed E-state index contributed by atoms with van der Waals surface area (Å²) in [5, 5.41) is 0. The fourth-order valence-corrected chi connectivity index (χ4v) is 2.40. The Morgan fingerprint density at radius 3 is 2.32 bits per heavy atom. The number of allylic oxidation sites excluding steroid dienone is 1. The molecule has 96 valence electrons. The molecule has 2 aromatic rings.